The first-order chi connectivity index (χ1) is 8.41. The van der Waals surface area contributed by atoms with Crippen LogP contribution in [0.2, 0.25) is 25.1 Å². The first-order valence-corrected chi connectivity index (χ1v) is 6.62. The smallest absolute Gasteiger partial charge is 0.136 e. The molecule has 0 saturated heterocycles. The molecular formula is C12H5Cl5O. The van der Waals surface area contributed by atoms with Gasteiger partial charge in [-0.25, -0.2) is 0 Å². The Labute approximate surface area is 129 Å². The Balaban J connectivity index is 2.67. The highest BCUT2D eigenvalue weighted by Crippen LogP contribution is 2.44. The van der Waals surface area contributed by atoms with Crippen molar-refractivity contribution in [3.8, 4) is 16.9 Å². The van der Waals surface area contributed by atoms with Crippen LogP contribution >= 0.6 is 58.0 Å². The van der Waals surface area contributed by atoms with Crippen molar-refractivity contribution in [3.63, 3.8) is 0 Å². The van der Waals surface area contributed by atoms with Gasteiger partial charge >= 0.3 is 0 Å². The third kappa shape index (κ3) is 2.52. The van der Waals surface area contributed by atoms with Gasteiger partial charge in [0.2, 0.25) is 0 Å². The number of aromatic hydroxyl groups is 1. The van der Waals surface area contributed by atoms with Crippen LogP contribution in [0.25, 0.3) is 11.1 Å². The average Bonchev–Trinajstić information content (AvgIpc) is 2.35. The monoisotopic (exact) mass is 340 g/mol. The van der Waals surface area contributed by atoms with Crippen LogP contribution in [0.5, 0.6) is 5.75 Å². The fourth-order valence-electron chi connectivity index (χ4n) is 1.46. The van der Waals surface area contributed by atoms with Crippen LogP contribution in [-0.2, 0) is 0 Å². The maximum absolute atomic E-state index is 9.66. The molecule has 0 unspecified atom stereocenters. The SMILES string of the molecule is Oc1cc(-c2ccc(Cl)c(Cl)c2)c(Cl)c(Cl)c1Cl. The maximum atomic E-state index is 9.66. The van der Waals surface area contributed by atoms with Gasteiger partial charge in [0, 0.05) is 5.56 Å². The van der Waals surface area contributed by atoms with E-state index in [1.54, 1.807) is 18.2 Å². The minimum Gasteiger partial charge on any atom is -0.506 e. The molecule has 0 saturated carbocycles. The molecule has 0 heterocycles. The first-order valence-electron chi connectivity index (χ1n) is 4.73. The minimum absolute atomic E-state index is 0.0190. The van der Waals surface area contributed by atoms with E-state index in [1.165, 1.54) is 6.07 Å². The van der Waals surface area contributed by atoms with Crippen molar-refractivity contribution in [2.24, 2.45) is 0 Å². The second kappa shape index (κ2) is 5.36. The van der Waals surface area contributed by atoms with E-state index >= 15 is 0 Å². The summed E-state index contributed by atoms with van der Waals surface area (Å²) < 4.78 is 0. The lowest BCUT2D eigenvalue weighted by Crippen LogP contribution is -1.84. The standard InChI is InChI=1S/C12H5Cl5O/c13-7-2-1-5(3-8(7)14)6-4-9(18)11(16)12(17)10(6)15/h1-4,18H. The van der Waals surface area contributed by atoms with Gasteiger partial charge in [-0.2, -0.15) is 0 Å². The van der Waals surface area contributed by atoms with Gasteiger partial charge in [-0.1, -0.05) is 64.1 Å². The van der Waals surface area contributed by atoms with Crippen LogP contribution in [0.3, 0.4) is 0 Å². The number of hydrogen-bond acceptors (Lipinski definition) is 1. The molecule has 2 rings (SSSR count). The van der Waals surface area contributed by atoms with Crippen LogP contribution < -0.4 is 0 Å². The predicted molar refractivity (Wildman–Crippen MR) is 78.6 cm³/mol. The normalized spacial score (nSPS) is 10.7. The number of phenols is 1. The van der Waals surface area contributed by atoms with Crippen molar-refractivity contribution < 1.29 is 5.11 Å². The fraction of sp³-hybridized carbons (Fsp3) is 0. The van der Waals surface area contributed by atoms with E-state index in [0.717, 1.165) is 0 Å². The van der Waals surface area contributed by atoms with E-state index in [9.17, 15) is 5.11 Å². The van der Waals surface area contributed by atoms with Crippen LogP contribution in [0, 0.1) is 0 Å². The molecule has 0 atom stereocenters. The van der Waals surface area contributed by atoms with E-state index in [2.05, 4.69) is 0 Å². The predicted octanol–water partition coefficient (Wildman–Crippen LogP) is 6.33. The van der Waals surface area contributed by atoms with Crippen molar-refractivity contribution in [3.05, 3.63) is 49.4 Å². The van der Waals surface area contributed by atoms with E-state index in [4.69, 9.17) is 58.0 Å². The Hall–Kier alpha value is -0.310. The van der Waals surface area contributed by atoms with Gasteiger partial charge < -0.3 is 5.11 Å². The van der Waals surface area contributed by atoms with Gasteiger partial charge in [0.1, 0.15) is 10.8 Å². The number of benzene rings is 2. The molecule has 1 nitrogen and oxygen atoms in total. The summed E-state index contributed by atoms with van der Waals surface area (Å²) in [6.07, 6.45) is 0. The summed E-state index contributed by atoms with van der Waals surface area (Å²) in [5.41, 5.74) is 1.21. The molecule has 0 amide bonds. The number of hydrogen-bond donors (Lipinski definition) is 1. The second-order valence-corrected chi connectivity index (χ2v) is 5.46. The molecule has 6 heteroatoms. The molecule has 94 valence electrons. The summed E-state index contributed by atoms with van der Waals surface area (Å²) in [5.74, 6) is -0.146. The third-order valence-corrected chi connectivity index (χ3v) is 4.44. The van der Waals surface area contributed by atoms with Crippen molar-refractivity contribution in [1.29, 1.82) is 0 Å². The maximum Gasteiger partial charge on any atom is 0.136 e. The van der Waals surface area contributed by atoms with Crippen molar-refractivity contribution >= 4 is 58.0 Å². The van der Waals surface area contributed by atoms with Gasteiger partial charge in [0.25, 0.3) is 0 Å². The Morgan fingerprint density at radius 1 is 0.722 bits per heavy atom. The molecule has 0 radical (unpaired) electrons. The Morgan fingerprint density at radius 2 is 1.39 bits per heavy atom. The molecule has 0 aliphatic carbocycles. The highest BCUT2D eigenvalue weighted by molar-refractivity contribution is 6.50. The van der Waals surface area contributed by atoms with E-state index in [1.807, 2.05) is 0 Å². The Bertz CT molecular complexity index is 624. The quantitative estimate of drug-likeness (QED) is 0.601. The van der Waals surface area contributed by atoms with Crippen molar-refractivity contribution in [2.45, 2.75) is 0 Å². The zero-order valence-electron chi connectivity index (χ0n) is 8.65. The zero-order chi connectivity index (χ0) is 13.4. The van der Waals surface area contributed by atoms with Gasteiger partial charge in [0.05, 0.1) is 20.1 Å². The number of halogens is 5. The zero-order valence-corrected chi connectivity index (χ0v) is 12.4. The van der Waals surface area contributed by atoms with Gasteiger partial charge in [-0.15, -0.1) is 0 Å². The van der Waals surface area contributed by atoms with E-state index in [0.29, 0.717) is 21.2 Å². The number of phenolic OH excluding ortho intramolecular Hbond substituents is 1. The topological polar surface area (TPSA) is 20.2 Å². The first kappa shape index (κ1) is 14.1. The Morgan fingerprint density at radius 3 is 2.00 bits per heavy atom. The van der Waals surface area contributed by atoms with Gasteiger partial charge in [-0.3, -0.25) is 0 Å². The molecule has 1 N–H and O–H groups in total. The Kier molecular flexibility index (Phi) is 4.20. The fourth-order valence-corrected chi connectivity index (χ4v) is 2.42. The summed E-state index contributed by atoms with van der Waals surface area (Å²) in [4.78, 5) is 0. The van der Waals surface area contributed by atoms with Crippen molar-refractivity contribution in [1.82, 2.24) is 0 Å². The average molecular weight is 342 g/mol. The van der Waals surface area contributed by atoms with E-state index in [-0.39, 0.29) is 20.8 Å². The minimum atomic E-state index is -0.146. The van der Waals surface area contributed by atoms with Crippen LogP contribution in [0.15, 0.2) is 24.3 Å². The lowest BCUT2D eigenvalue weighted by Gasteiger charge is -2.10. The molecule has 0 aromatic heterocycles. The van der Waals surface area contributed by atoms with Crippen LogP contribution in [-0.4, -0.2) is 5.11 Å². The highest BCUT2D eigenvalue weighted by atomic mass is 35.5. The molecule has 18 heavy (non-hydrogen) atoms. The van der Waals surface area contributed by atoms with Crippen molar-refractivity contribution in [2.75, 3.05) is 0 Å². The summed E-state index contributed by atoms with van der Waals surface area (Å²) >= 11 is 29.6. The summed E-state index contributed by atoms with van der Waals surface area (Å²) in [6.45, 7) is 0. The molecule has 0 aliphatic heterocycles. The lowest BCUT2D eigenvalue weighted by atomic mass is 10.1. The number of rotatable bonds is 1. The molecule has 0 fully saturated rings. The van der Waals surface area contributed by atoms with Crippen LogP contribution in [0.4, 0.5) is 0 Å². The second-order valence-electron chi connectivity index (χ2n) is 3.51. The molecule has 2 aromatic rings. The highest BCUT2D eigenvalue weighted by Gasteiger charge is 2.15. The van der Waals surface area contributed by atoms with Gasteiger partial charge in [-0.05, 0) is 23.8 Å². The molecule has 2 aromatic carbocycles. The molecule has 0 bridgehead atoms. The largest absolute Gasteiger partial charge is 0.506 e. The summed E-state index contributed by atoms with van der Waals surface area (Å²) in [5, 5.41) is 10.8. The summed E-state index contributed by atoms with van der Waals surface area (Å²) in [7, 11) is 0. The van der Waals surface area contributed by atoms with Gasteiger partial charge in [0.15, 0.2) is 0 Å². The molecule has 0 spiro atoms. The van der Waals surface area contributed by atoms with Crippen LogP contribution in [0.1, 0.15) is 0 Å². The third-order valence-electron chi connectivity index (χ3n) is 2.36. The molecular weight excluding hydrogens is 337 g/mol. The molecule has 0 aliphatic rings. The summed E-state index contributed by atoms with van der Waals surface area (Å²) in [6, 6.07) is 6.42. The van der Waals surface area contributed by atoms with E-state index < -0.39 is 0 Å². The lowest BCUT2D eigenvalue weighted by molar-refractivity contribution is 0.476.